The van der Waals surface area contributed by atoms with Crippen LogP contribution in [0.15, 0.2) is 18.2 Å². The van der Waals surface area contributed by atoms with Gasteiger partial charge in [-0.15, -0.1) is 0 Å². The summed E-state index contributed by atoms with van der Waals surface area (Å²) in [5.41, 5.74) is 1.39. The molecule has 0 aromatic heterocycles. The van der Waals surface area contributed by atoms with Gasteiger partial charge in [-0.05, 0) is 32.0 Å². The SMILES string of the molecule is CNCC1(CNc2ccc(OC)cc2Cl)CCC1. The molecule has 0 spiro atoms. The predicted molar refractivity (Wildman–Crippen MR) is 76.7 cm³/mol. The summed E-state index contributed by atoms with van der Waals surface area (Å²) in [5, 5.41) is 7.47. The van der Waals surface area contributed by atoms with Crippen LogP contribution in [-0.2, 0) is 0 Å². The number of nitrogens with one attached hydrogen (secondary N) is 2. The van der Waals surface area contributed by atoms with E-state index in [1.165, 1.54) is 19.3 Å². The Kier molecular flexibility index (Phi) is 4.36. The Bertz CT molecular complexity index is 405. The molecule has 1 aliphatic rings. The van der Waals surface area contributed by atoms with Crippen molar-refractivity contribution in [2.45, 2.75) is 19.3 Å². The smallest absolute Gasteiger partial charge is 0.120 e. The fraction of sp³-hybridized carbons (Fsp3) is 0.571. The van der Waals surface area contributed by atoms with Gasteiger partial charge in [0.05, 0.1) is 17.8 Å². The van der Waals surface area contributed by atoms with Crippen LogP contribution in [0.4, 0.5) is 5.69 Å². The Balaban J connectivity index is 1.97. The number of anilines is 1. The van der Waals surface area contributed by atoms with Gasteiger partial charge in [0, 0.05) is 24.6 Å². The summed E-state index contributed by atoms with van der Waals surface area (Å²) in [6.07, 6.45) is 3.91. The normalized spacial score (nSPS) is 17.1. The van der Waals surface area contributed by atoms with Gasteiger partial charge in [0.1, 0.15) is 5.75 Å². The second kappa shape index (κ2) is 5.81. The summed E-state index contributed by atoms with van der Waals surface area (Å²) in [6.45, 7) is 2.04. The zero-order chi connectivity index (χ0) is 13.0. The summed E-state index contributed by atoms with van der Waals surface area (Å²) in [4.78, 5) is 0. The van der Waals surface area contributed by atoms with Gasteiger partial charge in [-0.3, -0.25) is 0 Å². The van der Waals surface area contributed by atoms with E-state index < -0.39 is 0 Å². The molecule has 3 nitrogen and oxygen atoms in total. The summed E-state index contributed by atoms with van der Waals surface area (Å²) in [5.74, 6) is 0.791. The number of benzene rings is 1. The summed E-state index contributed by atoms with van der Waals surface area (Å²) in [7, 11) is 3.66. The van der Waals surface area contributed by atoms with E-state index in [2.05, 4.69) is 10.6 Å². The number of hydrogen-bond donors (Lipinski definition) is 2. The molecule has 1 saturated carbocycles. The maximum Gasteiger partial charge on any atom is 0.120 e. The first-order chi connectivity index (χ1) is 8.69. The Morgan fingerprint density at radius 2 is 2.11 bits per heavy atom. The maximum atomic E-state index is 6.22. The van der Waals surface area contributed by atoms with Gasteiger partial charge in [-0.1, -0.05) is 18.0 Å². The third-order valence-corrected chi connectivity index (χ3v) is 4.11. The third kappa shape index (κ3) is 2.90. The Morgan fingerprint density at radius 3 is 2.61 bits per heavy atom. The van der Waals surface area contributed by atoms with E-state index in [0.29, 0.717) is 10.4 Å². The topological polar surface area (TPSA) is 33.3 Å². The van der Waals surface area contributed by atoms with Crippen molar-refractivity contribution in [2.75, 3.05) is 32.6 Å². The molecule has 0 saturated heterocycles. The van der Waals surface area contributed by atoms with Crippen LogP contribution in [0, 0.1) is 5.41 Å². The minimum Gasteiger partial charge on any atom is -0.497 e. The maximum absolute atomic E-state index is 6.22. The average molecular weight is 269 g/mol. The molecule has 18 heavy (non-hydrogen) atoms. The molecule has 100 valence electrons. The first-order valence-electron chi connectivity index (χ1n) is 6.41. The first kappa shape index (κ1) is 13.5. The van der Waals surface area contributed by atoms with Crippen LogP contribution in [0.3, 0.4) is 0 Å². The van der Waals surface area contributed by atoms with Crippen molar-refractivity contribution in [1.82, 2.24) is 5.32 Å². The van der Waals surface area contributed by atoms with E-state index in [1.54, 1.807) is 7.11 Å². The third-order valence-electron chi connectivity index (χ3n) is 3.80. The predicted octanol–water partition coefficient (Wildman–Crippen LogP) is 3.15. The molecule has 0 amide bonds. The molecule has 1 aromatic rings. The minimum atomic E-state index is 0.401. The molecule has 1 aromatic carbocycles. The van der Waals surface area contributed by atoms with Crippen molar-refractivity contribution >= 4 is 17.3 Å². The second-order valence-corrected chi connectivity index (χ2v) is 5.49. The highest BCUT2D eigenvalue weighted by Gasteiger charge is 2.35. The van der Waals surface area contributed by atoms with Crippen molar-refractivity contribution < 1.29 is 4.74 Å². The molecule has 0 radical (unpaired) electrons. The lowest BCUT2D eigenvalue weighted by molar-refractivity contribution is 0.151. The van der Waals surface area contributed by atoms with Gasteiger partial charge < -0.3 is 15.4 Å². The van der Waals surface area contributed by atoms with Crippen LogP contribution in [0.1, 0.15) is 19.3 Å². The molecule has 0 aliphatic heterocycles. The molecule has 0 unspecified atom stereocenters. The van der Waals surface area contributed by atoms with E-state index >= 15 is 0 Å². The van der Waals surface area contributed by atoms with Gasteiger partial charge in [0.2, 0.25) is 0 Å². The second-order valence-electron chi connectivity index (χ2n) is 5.08. The van der Waals surface area contributed by atoms with Crippen LogP contribution in [-0.4, -0.2) is 27.2 Å². The summed E-state index contributed by atoms with van der Waals surface area (Å²) < 4.78 is 5.14. The van der Waals surface area contributed by atoms with Crippen LogP contribution in [0.2, 0.25) is 5.02 Å². The van der Waals surface area contributed by atoms with E-state index in [-0.39, 0.29) is 0 Å². The fourth-order valence-electron chi connectivity index (χ4n) is 2.52. The van der Waals surface area contributed by atoms with Crippen molar-refractivity contribution in [3.8, 4) is 5.75 Å². The molecule has 2 rings (SSSR count). The standard InChI is InChI=1S/C14H21ClN2O/c1-16-9-14(6-3-7-14)10-17-13-5-4-11(18-2)8-12(13)15/h4-5,8,16-17H,3,6-7,9-10H2,1-2H3. The lowest BCUT2D eigenvalue weighted by Gasteiger charge is -2.42. The van der Waals surface area contributed by atoms with Crippen molar-refractivity contribution in [2.24, 2.45) is 5.41 Å². The van der Waals surface area contributed by atoms with Crippen LogP contribution < -0.4 is 15.4 Å². The molecule has 0 atom stereocenters. The lowest BCUT2D eigenvalue weighted by Crippen LogP contribution is -2.44. The number of rotatable bonds is 6. The lowest BCUT2D eigenvalue weighted by atomic mass is 9.68. The highest BCUT2D eigenvalue weighted by molar-refractivity contribution is 6.33. The van der Waals surface area contributed by atoms with Gasteiger partial charge >= 0.3 is 0 Å². The van der Waals surface area contributed by atoms with Crippen LogP contribution in [0.25, 0.3) is 0 Å². The van der Waals surface area contributed by atoms with E-state index in [4.69, 9.17) is 16.3 Å². The summed E-state index contributed by atoms with van der Waals surface area (Å²) in [6, 6.07) is 5.75. The number of ether oxygens (including phenoxy) is 1. The molecular formula is C14H21ClN2O. The fourth-order valence-corrected chi connectivity index (χ4v) is 2.75. The quantitative estimate of drug-likeness (QED) is 0.832. The largest absolute Gasteiger partial charge is 0.497 e. The van der Waals surface area contributed by atoms with Crippen LogP contribution in [0.5, 0.6) is 5.75 Å². The molecule has 0 heterocycles. The highest BCUT2D eigenvalue weighted by atomic mass is 35.5. The van der Waals surface area contributed by atoms with Crippen molar-refractivity contribution in [3.05, 3.63) is 23.2 Å². The van der Waals surface area contributed by atoms with E-state index in [9.17, 15) is 0 Å². The zero-order valence-corrected chi connectivity index (χ0v) is 11.8. The van der Waals surface area contributed by atoms with Crippen molar-refractivity contribution in [1.29, 1.82) is 0 Å². The molecule has 2 N–H and O–H groups in total. The average Bonchev–Trinajstić information content (AvgIpc) is 2.33. The Morgan fingerprint density at radius 1 is 1.33 bits per heavy atom. The van der Waals surface area contributed by atoms with E-state index in [0.717, 1.165) is 24.5 Å². The molecular weight excluding hydrogens is 248 g/mol. The van der Waals surface area contributed by atoms with E-state index in [1.807, 2.05) is 25.2 Å². The number of hydrogen-bond acceptors (Lipinski definition) is 3. The van der Waals surface area contributed by atoms with Crippen LogP contribution >= 0.6 is 11.6 Å². The van der Waals surface area contributed by atoms with Gasteiger partial charge in [-0.25, -0.2) is 0 Å². The first-order valence-corrected chi connectivity index (χ1v) is 6.79. The van der Waals surface area contributed by atoms with Gasteiger partial charge in [-0.2, -0.15) is 0 Å². The monoisotopic (exact) mass is 268 g/mol. The number of methoxy groups -OCH3 is 1. The van der Waals surface area contributed by atoms with Gasteiger partial charge in [0.25, 0.3) is 0 Å². The Hall–Kier alpha value is -0.930. The van der Waals surface area contributed by atoms with Crippen molar-refractivity contribution in [3.63, 3.8) is 0 Å². The van der Waals surface area contributed by atoms with Gasteiger partial charge in [0.15, 0.2) is 0 Å². The highest BCUT2D eigenvalue weighted by Crippen LogP contribution is 2.40. The zero-order valence-electron chi connectivity index (χ0n) is 11.1. The molecule has 1 fully saturated rings. The molecule has 4 heteroatoms. The molecule has 1 aliphatic carbocycles. The number of halogens is 1. The molecule has 0 bridgehead atoms. The Labute approximate surface area is 114 Å². The summed E-state index contributed by atoms with van der Waals surface area (Å²) >= 11 is 6.22. The minimum absolute atomic E-state index is 0.401.